The maximum atomic E-state index is 12.0. The van der Waals surface area contributed by atoms with Crippen LogP contribution in [-0.2, 0) is 9.53 Å². The van der Waals surface area contributed by atoms with Crippen LogP contribution < -0.4 is 11.1 Å². The fourth-order valence-electron chi connectivity index (χ4n) is 2.23. The molecule has 0 spiro atoms. The van der Waals surface area contributed by atoms with E-state index < -0.39 is 18.0 Å². The summed E-state index contributed by atoms with van der Waals surface area (Å²) in [6.07, 6.45) is 3.60. The maximum Gasteiger partial charge on any atom is 0.312 e. The summed E-state index contributed by atoms with van der Waals surface area (Å²) in [5, 5.41) is 3.10. The Morgan fingerprint density at radius 1 is 1.12 bits per heavy atom. The standard InChI is InChI=1S/C19H19ClN2O3/c20-16-10-8-15(9-11-16)17(22-19(21)24)13-18(23)25-12-4-7-14-5-2-1-3-6-14/h1-11,17H,12-13H2,(H3,21,22,24)/b7-4+/t17-/m1/s1. The second-order valence-corrected chi connectivity index (χ2v) is 5.75. The third-order valence-corrected chi connectivity index (χ3v) is 3.66. The number of hydrogen-bond donors (Lipinski definition) is 2. The van der Waals surface area contributed by atoms with Crippen molar-refractivity contribution in [2.24, 2.45) is 5.73 Å². The lowest BCUT2D eigenvalue weighted by Gasteiger charge is -2.17. The van der Waals surface area contributed by atoms with Crippen molar-refractivity contribution in [3.8, 4) is 0 Å². The molecule has 6 heteroatoms. The van der Waals surface area contributed by atoms with Crippen LogP contribution in [0.5, 0.6) is 0 Å². The molecule has 0 saturated carbocycles. The molecule has 0 aliphatic heterocycles. The lowest BCUT2D eigenvalue weighted by Crippen LogP contribution is -2.34. The highest BCUT2D eigenvalue weighted by atomic mass is 35.5. The summed E-state index contributed by atoms with van der Waals surface area (Å²) in [7, 11) is 0. The predicted octanol–water partition coefficient (Wildman–Crippen LogP) is 3.70. The van der Waals surface area contributed by atoms with Gasteiger partial charge in [0, 0.05) is 5.02 Å². The Balaban J connectivity index is 1.89. The van der Waals surface area contributed by atoms with Crippen molar-refractivity contribution in [3.63, 3.8) is 0 Å². The average Bonchev–Trinajstić information content (AvgIpc) is 2.59. The normalized spacial score (nSPS) is 11.9. The summed E-state index contributed by atoms with van der Waals surface area (Å²) in [6.45, 7) is 0.150. The van der Waals surface area contributed by atoms with Gasteiger partial charge in [-0.05, 0) is 29.3 Å². The fraction of sp³-hybridized carbons (Fsp3) is 0.158. The van der Waals surface area contributed by atoms with E-state index in [4.69, 9.17) is 22.1 Å². The minimum atomic E-state index is -0.711. The Kier molecular flexibility index (Phi) is 7.04. The van der Waals surface area contributed by atoms with Gasteiger partial charge in [0.15, 0.2) is 0 Å². The molecule has 0 radical (unpaired) electrons. The highest BCUT2D eigenvalue weighted by Gasteiger charge is 2.18. The molecule has 0 aliphatic rings. The van der Waals surface area contributed by atoms with E-state index in [9.17, 15) is 9.59 Å². The van der Waals surface area contributed by atoms with Gasteiger partial charge in [-0.25, -0.2) is 4.79 Å². The Morgan fingerprint density at radius 2 is 1.80 bits per heavy atom. The minimum Gasteiger partial charge on any atom is -0.461 e. The molecule has 130 valence electrons. The summed E-state index contributed by atoms with van der Waals surface area (Å²) in [5.74, 6) is -0.439. The third-order valence-electron chi connectivity index (χ3n) is 3.41. The van der Waals surface area contributed by atoms with Crippen molar-refractivity contribution < 1.29 is 14.3 Å². The van der Waals surface area contributed by atoms with Gasteiger partial charge in [-0.15, -0.1) is 0 Å². The fourth-order valence-corrected chi connectivity index (χ4v) is 2.36. The largest absolute Gasteiger partial charge is 0.461 e. The number of esters is 1. The van der Waals surface area contributed by atoms with Gasteiger partial charge in [-0.2, -0.15) is 0 Å². The molecule has 2 rings (SSSR count). The highest BCUT2D eigenvalue weighted by Crippen LogP contribution is 2.20. The zero-order valence-electron chi connectivity index (χ0n) is 13.5. The molecule has 0 fully saturated rings. The summed E-state index contributed by atoms with van der Waals surface area (Å²) in [6, 6.07) is 15.2. The molecule has 2 aromatic rings. The van der Waals surface area contributed by atoms with E-state index in [0.29, 0.717) is 5.02 Å². The third kappa shape index (κ3) is 6.69. The topological polar surface area (TPSA) is 81.4 Å². The Hall–Kier alpha value is -2.79. The first kappa shape index (κ1) is 18.5. The monoisotopic (exact) mass is 358 g/mol. The van der Waals surface area contributed by atoms with Crippen LogP contribution in [0.4, 0.5) is 4.79 Å². The Morgan fingerprint density at radius 3 is 2.44 bits per heavy atom. The lowest BCUT2D eigenvalue weighted by atomic mass is 10.0. The van der Waals surface area contributed by atoms with Crippen LogP contribution in [0, 0.1) is 0 Å². The molecule has 0 aliphatic carbocycles. The van der Waals surface area contributed by atoms with Gasteiger partial charge in [0.2, 0.25) is 0 Å². The van der Waals surface area contributed by atoms with Crippen molar-refractivity contribution in [1.29, 1.82) is 0 Å². The van der Waals surface area contributed by atoms with E-state index in [-0.39, 0.29) is 13.0 Å². The predicted molar refractivity (Wildman–Crippen MR) is 98.0 cm³/mol. The number of ether oxygens (including phenoxy) is 1. The zero-order chi connectivity index (χ0) is 18.1. The molecule has 0 aromatic heterocycles. The molecular weight excluding hydrogens is 340 g/mol. The SMILES string of the molecule is NC(=O)N[C@H](CC(=O)OC/C=C/c1ccccc1)c1ccc(Cl)cc1. The van der Waals surface area contributed by atoms with E-state index >= 15 is 0 Å². The molecule has 0 unspecified atom stereocenters. The van der Waals surface area contributed by atoms with Crippen molar-refractivity contribution in [1.82, 2.24) is 5.32 Å². The van der Waals surface area contributed by atoms with Crippen LogP contribution in [0.1, 0.15) is 23.6 Å². The van der Waals surface area contributed by atoms with Crippen LogP contribution in [0.25, 0.3) is 6.08 Å². The van der Waals surface area contributed by atoms with Crippen LogP contribution in [0.3, 0.4) is 0 Å². The smallest absolute Gasteiger partial charge is 0.312 e. The number of amides is 2. The summed E-state index contributed by atoms with van der Waals surface area (Å²) in [4.78, 5) is 23.2. The maximum absolute atomic E-state index is 12.0. The Bertz CT molecular complexity index is 730. The van der Waals surface area contributed by atoms with Crippen molar-refractivity contribution >= 4 is 29.7 Å². The van der Waals surface area contributed by atoms with Gasteiger partial charge in [-0.3, -0.25) is 4.79 Å². The molecule has 3 N–H and O–H groups in total. The number of nitrogens with one attached hydrogen (secondary N) is 1. The number of hydrogen-bond acceptors (Lipinski definition) is 3. The van der Waals surface area contributed by atoms with E-state index in [0.717, 1.165) is 11.1 Å². The van der Waals surface area contributed by atoms with Crippen molar-refractivity contribution in [2.75, 3.05) is 6.61 Å². The van der Waals surface area contributed by atoms with Crippen molar-refractivity contribution in [2.45, 2.75) is 12.5 Å². The number of carbonyl (C=O) groups excluding carboxylic acids is 2. The van der Waals surface area contributed by atoms with E-state index in [2.05, 4.69) is 5.32 Å². The van der Waals surface area contributed by atoms with Gasteiger partial charge >= 0.3 is 12.0 Å². The van der Waals surface area contributed by atoms with Crippen molar-refractivity contribution in [3.05, 3.63) is 76.8 Å². The molecule has 2 amide bonds. The molecule has 2 aromatic carbocycles. The molecule has 1 atom stereocenters. The number of primary amides is 1. The molecule has 0 bridgehead atoms. The van der Waals surface area contributed by atoms with Crippen LogP contribution in [0.15, 0.2) is 60.7 Å². The average molecular weight is 359 g/mol. The number of benzene rings is 2. The van der Waals surface area contributed by atoms with Gasteiger partial charge in [0.1, 0.15) is 6.61 Å². The summed E-state index contributed by atoms with van der Waals surface area (Å²) >= 11 is 5.85. The van der Waals surface area contributed by atoms with Gasteiger partial charge < -0.3 is 15.8 Å². The molecule has 0 saturated heterocycles. The number of carbonyl (C=O) groups is 2. The minimum absolute atomic E-state index is 0.0241. The number of rotatable bonds is 7. The zero-order valence-corrected chi connectivity index (χ0v) is 14.3. The number of halogens is 1. The Labute approximate surface area is 151 Å². The van der Waals surface area contributed by atoms with E-state index in [1.54, 1.807) is 30.3 Å². The first-order chi connectivity index (χ1) is 12.0. The van der Waals surface area contributed by atoms with Crippen LogP contribution >= 0.6 is 11.6 Å². The molecule has 0 heterocycles. The van der Waals surface area contributed by atoms with Gasteiger partial charge in [0.25, 0.3) is 0 Å². The quantitative estimate of drug-likeness (QED) is 0.740. The molecule has 25 heavy (non-hydrogen) atoms. The van der Waals surface area contributed by atoms with Gasteiger partial charge in [0.05, 0.1) is 12.5 Å². The second kappa shape index (κ2) is 9.49. The first-order valence-electron chi connectivity index (χ1n) is 7.73. The number of nitrogens with two attached hydrogens (primary N) is 1. The second-order valence-electron chi connectivity index (χ2n) is 5.31. The summed E-state index contributed by atoms with van der Waals surface area (Å²) < 4.78 is 5.18. The van der Waals surface area contributed by atoms with E-state index in [1.807, 2.05) is 36.4 Å². The first-order valence-corrected chi connectivity index (χ1v) is 8.11. The highest BCUT2D eigenvalue weighted by molar-refractivity contribution is 6.30. The summed E-state index contributed by atoms with van der Waals surface area (Å²) in [5.41, 5.74) is 6.93. The van der Waals surface area contributed by atoms with Gasteiger partial charge in [-0.1, -0.05) is 60.1 Å². The van der Waals surface area contributed by atoms with Crippen LogP contribution in [-0.4, -0.2) is 18.6 Å². The molecule has 5 nitrogen and oxygen atoms in total. The lowest BCUT2D eigenvalue weighted by molar-refractivity contribution is -0.142. The number of urea groups is 1. The van der Waals surface area contributed by atoms with Crippen LogP contribution in [0.2, 0.25) is 5.02 Å². The molecular formula is C19H19ClN2O3. The van der Waals surface area contributed by atoms with E-state index in [1.165, 1.54) is 0 Å².